The van der Waals surface area contributed by atoms with E-state index in [1.54, 1.807) is 18.2 Å². The van der Waals surface area contributed by atoms with Crippen molar-refractivity contribution < 1.29 is 9.53 Å². The largest absolute Gasteiger partial charge is 0.486 e. The Bertz CT molecular complexity index is 178. The number of aldehydes is 1. The molecule has 11 heavy (non-hydrogen) atoms. The van der Waals surface area contributed by atoms with E-state index in [-0.39, 0.29) is 6.61 Å². The zero-order valence-corrected chi connectivity index (χ0v) is 6.62. The van der Waals surface area contributed by atoms with Crippen molar-refractivity contribution in [2.75, 3.05) is 6.61 Å². The van der Waals surface area contributed by atoms with Crippen molar-refractivity contribution in [2.45, 2.75) is 6.92 Å². The quantitative estimate of drug-likeness (QED) is 0.341. The zero-order chi connectivity index (χ0) is 8.53. The van der Waals surface area contributed by atoms with Crippen molar-refractivity contribution in [2.24, 2.45) is 0 Å². The van der Waals surface area contributed by atoms with Crippen LogP contribution in [0.15, 0.2) is 36.6 Å². The highest BCUT2D eigenvalue weighted by Crippen LogP contribution is 1.98. The number of carbonyl (C=O) groups excluding carboxylic acids is 1. The van der Waals surface area contributed by atoms with Crippen molar-refractivity contribution in [3.05, 3.63) is 36.6 Å². The lowest BCUT2D eigenvalue weighted by Gasteiger charge is -1.99. The number of allylic oxidation sites excluding steroid dienone is 4. The summed E-state index contributed by atoms with van der Waals surface area (Å²) >= 11 is 0. The minimum atomic E-state index is 0.0873. The summed E-state index contributed by atoms with van der Waals surface area (Å²) in [6, 6.07) is 0. The molecule has 0 aliphatic heterocycles. The molecule has 0 unspecified atom stereocenters. The Morgan fingerprint density at radius 3 is 2.82 bits per heavy atom. The van der Waals surface area contributed by atoms with Crippen molar-refractivity contribution in [3.63, 3.8) is 0 Å². The molecule has 0 aliphatic rings. The Morgan fingerprint density at radius 2 is 2.36 bits per heavy atom. The molecular formula is C9H12O2. The van der Waals surface area contributed by atoms with Crippen LogP contribution < -0.4 is 0 Å². The van der Waals surface area contributed by atoms with Crippen LogP contribution in [0.5, 0.6) is 0 Å². The molecule has 0 saturated carbocycles. The molecule has 0 bridgehead atoms. The maximum absolute atomic E-state index is 9.92. The van der Waals surface area contributed by atoms with Crippen LogP contribution in [0.2, 0.25) is 0 Å². The average Bonchev–Trinajstić information content (AvgIpc) is 2.01. The maximum atomic E-state index is 9.92. The zero-order valence-electron chi connectivity index (χ0n) is 6.62. The summed E-state index contributed by atoms with van der Waals surface area (Å²) in [6.07, 6.45) is 7.62. The van der Waals surface area contributed by atoms with Crippen LogP contribution in [0.4, 0.5) is 0 Å². The summed E-state index contributed by atoms with van der Waals surface area (Å²) in [7, 11) is 0. The Morgan fingerprint density at radius 1 is 1.64 bits per heavy atom. The summed E-state index contributed by atoms with van der Waals surface area (Å²) in [4.78, 5) is 9.92. The van der Waals surface area contributed by atoms with Gasteiger partial charge in [0, 0.05) is 0 Å². The fourth-order valence-electron chi connectivity index (χ4n) is 0.562. The molecule has 0 amide bonds. The molecule has 0 radical (unpaired) electrons. The van der Waals surface area contributed by atoms with Gasteiger partial charge in [0.05, 0.1) is 0 Å². The van der Waals surface area contributed by atoms with Crippen molar-refractivity contribution in [1.29, 1.82) is 0 Å². The number of hydrogen-bond acceptors (Lipinski definition) is 2. The van der Waals surface area contributed by atoms with Crippen molar-refractivity contribution in [1.82, 2.24) is 0 Å². The van der Waals surface area contributed by atoms with Gasteiger partial charge in [-0.1, -0.05) is 18.7 Å². The second-order valence-corrected chi connectivity index (χ2v) is 1.78. The molecule has 0 saturated heterocycles. The average molecular weight is 152 g/mol. The standard InChI is InChI=1S/C9H12O2/c1-3-5-9(6-4-2)11-8-7-10/h3-7H,1,8H2,2H3/b6-4-,9-5+. The molecule has 2 heteroatoms. The first-order valence-electron chi connectivity index (χ1n) is 3.37. The first-order chi connectivity index (χ1) is 5.35. The normalized spacial score (nSPS) is 11.5. The smallest absolute Gasteiger partial charge is 0.157 e. The van der Waals surface area contributed by atoms with Crippen LogP contribution in [0.3, 0.4) is 0 Å². The summed E-state index contributed by atoms with van der Waals surface area (Å²) in [6.45, 7) is 5.48. The predicted octanol–water partition coefficient (Wildman–Crippen LogP) is 1.85. The lowest BCUT2D eigenvalue weighted by molar-refractivity contribution is -0.110. The summed E-state index contributed by atoms with van der Waals surface area (Å²) in [5, 5.41) is 0. The maximum Gasteiger partial charge on any atom is 0.157 e. The Labute approximate surface area is 66.9 Å². The minimum Gasteiger partial charge on any atom is -0.486 e. The highest BCUT2D eigenvalue weighted by Gasteiger charge is 1.87. The van der Waals surface area contributed by atoms with Gasteiger partial charge in [-0.3, -0.25) is 4.79 Å². The third-order valence-electron chi connectivity index (χ3n) is 0.931. The molecule has 2 nitrogen and oxygen atoms in total. The monoisotopic (exact) mass is 152 g/mol. The molecule has 0 rings (SSSR count). The molecule has 0 N–H and O–H groups in total. The lowest BCUT2D eigenvalue weighted by Crippen LogP contribution is -1.92. The summed E-state index contributed by atoms with van der Waals surface area (Å²) in [5.41, 5.74) is 0. The van der Waals surface area contributed by atoms with E-state index in [2.05, 4.69) is 6.58 Å². The van der Waals surface area contributed by atoms with E-state index >= 15 is 0 Å². The first-order valence-corrected chi connectivity index (χ1v) is 3.37. The SMILES string of the molecule is C=C/C=C(\C=C/C)OCC=O. The Kier molecular flexibility index (Phi) is 5.99. The van der Waals surface area contributed by atoms with Gasteiger partial charge in [0.15, 0.2) is 6.29 Å². The topological polar surface area (TPSA) is 26.3 Å². The van der Waals surface area contributed by atoms with Crippen LogP contribution in [-0.4, -0.2) is 12.9 Å². The Balaban J connectivity index is 3.98. The second kappa shape index (κ2) is 6.81. The number of carbonyl (C=O) groups is 1. The van der Waals surface area contributed by atoms with E-state index in [4.69, 9.17) is 4.74 Å². The highest BCUT2D eigenvalue weighted by atomic mass is 16.5. The van der Waals surface area contributed by atoms with E-state index in [1.807, 2.05) is 13.0 Å². The molecule has 0 aromatic carbocycles. The molecule has 0 aromatic heterocycles. The molecule has 0 atom stereocenters. The second-order valence-electron chi connectivity index (χ2n) is 1.78. The van der Waals surface area contributed by atoms with Gasteiger partial charge >= 0.3 is 0 Å². The van der Waals surface area contributed by atoms with Crippen LogP contribution in [-0.2, 0) is 9.53 Å². The molecule has 0 spiro atoms. The summed E-state index contributed by atoms with van der Waals surface area (Å²) < 4.78 is 5.01. The van der Waals surface area contributed by atoms with Crippen molar-refractivity contribution in [3.8, 4) is 0 Å². The van der Waals surface area contributed by atoms with E-state index in [0.717, 1.165) is 0 Å². The summed E-state index contributed by atoms with van der Waals surface area (Å²) in [5.74, 6) is 0.648. The Hall–Kier alpha value is -1.31. The molecule has 0 heterocycles. The minimum absolute atomic E-state index is 0.0873. The van der Waals surface area contributed by atoms with Crippen LogP contribution >= 0.6 is 0 Å². The van der Waals surface area contributed by atoms with E-state index in [1.165, 1.54) is 0 Å². The van der Waals surface area contributed by atoms with Crippen LogP contribution in [0, 0.1) is 0 Å². The molecule has 0 aromatic rings. The van der Waals surface area contributed by atoms with Gasteiger partial charge in [0.2, 0.25) is 0 Å². The van der Waals surface area contributed by atoms with Crippen LogP contribution in [0.1, 0.15) is 6.92 Å². The van der Waals surface area contributed by atoms with E-state index in [9.17, 15) is 4.79 Å². The fourth-order valence-corrected chi connectivity index (χ4v) is 0.562. The van der Waals surface area contributed by atoms with E-state index in [0.29, 0.717) is 12.0 Å². The van der Waals surface area contributed by atoms with Gasteiger partial charge in [-0.15, -0.1) is 0 Å². The predicted molar refractivity (Wildman–Crippen MR) is 45.1 cm³/mol. The van der Waals surface area contributed by atoms with Gasteiger partial charge < -0.3 is 4.74 Å². The highest BCUT2D eigenvalue weighted by molar-refractivity contribution is 5.51. The molecule has 0 fully saturated rings. The van der Waals surface area contributed by atoms with Crippen LogP contribution in [0.25, 0.3) is 0 Å². The lowest BCUT2D eigenvalue weighted by atomic mass is 10.4. The van der Waals surface area contributed by atoms with Gasteiger partial charge in [-0.2, -0.15) is 0 Å². The number of ether oxygens (including phenoxy) is 1. The molecular weight excluding hydrogens is 140 g/mol. The van der Waals surface area contributed by atoms with Gasteiger partial charge in [-0.25, -0.2) is 0 Å². The van der Waals surface area contributed by atoms with Gasteiger partial charge in [0.1, 0.15) is 12.4 Å². The third-order valence-corrected chi connectivity index (χ3v) is 0.931. The van der Waals surface area contributed by atoms with E-state index < -0.39 is 0 Å². The van der Waals surface area contributed by atoms with Gasteiger partial charge in [-0.05, 0) is 19.1 Å². The number of hydrogen-bond donors (Lipinski definition) is 0. The molecule has 0 aliphatic carbocycles. The fraction of sp³-hybridized carbons (Fsp3) is 0.222. The van der Waals surface area contributed by atoms with Gasteiger partial charge in [0.25, 0.3) is 0 Å². The molecule has 60 valence electrons. The third kappa shape index (κ3) is 5.15. The van der Waals surface area contributed by atoms with Crippen molar-refractivity contribution >= 4 is 6.29 Å². The number of rotatable bonds is 5. The first kappa shape index (κ1) is 9.69.